The van der Waals surface area contributed by atoms with Crippen LogP contribution >= 0.6 is 0 Å². The zero-order valence-corrected chi connectivity index (χ0v) is 17.3. The molecular formula is C20H30O5Si. The molecule has 1 aromatic rings. The fourth-order valence-corrected chi connectivity index (χ4v) is 3.70. The second-order valence-corrected chi connectivity index (χ2v) is 12.7. The largest absolute Gasteiger partial charge is 0.414 e. The summed E-state index contributed by atoms with van der Waals surface area (Å²) in [4.78, 5) is 0. The fourth-order valence-electron chi connectivity index (χ4n) is 3.10. The first-order chi connectivity index (χ1) is 12.2. The normalized spacial score (nSPS) is 30.8. The van der Waals surface area contributed by atoms with E-state index >= 15 is 0 Å². The SMILES string of the molecule is CC1(C)O[C@H]2O[C@H](/C=C/CO[Si](C)(C)C)[C@H](OCc3ccccc3)[C@H]2O1. The van der Waals surface area contributed by atoms with E-state index in [9.17, 15) is 0 Å². The first-order valence-electron chi connectivity index (χ1n) is 9.21. The van der Waals surface area contributed by atoms with Crippen LogP contribution in [-0.2, 0) is 30.0 Å². The van der Waals surface area contributed by atoms with Crippen molar-refractivity contribution in [3.63, 3.8) is 0 Å². The first kappa shape index (κ1) is 19.7. The zero-order valence-electron chi connectivity index (χ0n) is 16.3. The topological polar surface area (TPSA) is 46.2 Å². The third-order valence-electron chi connectivity index (χ3n) is 4.25. The molecule has 0 radical (unpaired) electrons. The molecule has 0 amide bonds. The van der Waals surface area contributed by atoms with Gasteiger partial charge in [0.15, 0.2) is 20.4 Å². The summed E-state index contributed by atoms with van der Waals surface area (Å²) in [5.74, 6) is -0.653. The summed E-state index contributed by atoms with van der Waals surface area (Å²) >= 11 is 0. The predicted molar refractivity (Wildman–Crippen MR) is 102 cm³/mol. The van der Waals surface area contributed by atoms with Crippen molar-refractivity contribution >= 4 is 8.32 Å². The molecule has 2 saturated heterocycles. The summed E-state index contributed by atoms with van der Waals surface area (Å²) in [6.07, 6.45) is 2.95. The van der Waals surface area contributed by atoms with Crippen LogP contribution in [0.1, 0.15) is 19.4 Å². The second-order valence-electron chi connectivity index (χ2n) is 8.18. The van der Waals surface area contributed by atoms with Gasteiger partial charge in [0.1, 0.15) is 18.3 Å². The van der Waals surface area contributed by atoms with E-state index in [1.807, 2.05) is 44.2 Å². The Morgan fingerprint density at radius 2 is 1.85 bits per heavy atom. The molecule has 0 aliphatic carbocycles. The van der Waals surface area contributed by atoms with Crippen LogP contribution in [0.4, 0.5) is 0 Å². The van der Waals surface area contributed by atoms with Crippen molar-refractivity contribution in [3.05, 3.63) is 48.0 Å². The minimum atomic E-state index is -1.52. The second kappa shape index (κ2) is 7.92. The third-order valence-corrected chi connectivity index (χ3v) is 5.28. The summed E-state index contributed by atoms with van der Waals surface area (Å²) in [6, 6.07) is 10.1. The molecule has 0 spiro atoms. The molecule has 3 rings (SSSR count). The van der Waals surface area contributed by atoms with Gasteiger partial charge in [0.05, 0.1) is 13.2 Å². The highest BCUT2D eigenvalue weighted by Crippen LogP contribution is 2.39. The summed E-state index contributed by atoms with van der Waals surface area (Å²) in [5, 5.41) is 0. The van der Waals surface area contributed by atoms with Gasteiger partial charge in [-0.1, -0.05) is 42.5 Å². The van der Waals surface area contributed by atoms with Crippen molar-refractivity contribution < 1.29 is 23.4 Å². The van der Waals surface area contributed by atoms with Crippen LogP contribution in [0.25, 0.3) is 0 Å². The lowest BCUT2D eigenvalue weighted by atomic mass is 10.1. The highest BCUT2D eigenvalue weighted by atomic mass is 28.4. The lowest BCUT2D eigenvalue weighted by Crippen LogP contribution is -2.36. The maximum absolute atomic E-state index is 6.19. The van der Waals surface area contributed by atoms with E-state index in [0.717, 1.165) is 5.56 Å². The van der Waals surface area contributed by atoms with E-state index in [1.165, 1.54) is 0 Å². The molecule has 144 valence electrons. The highest BCUT2D eigenvalue weighted by molar-refractivity contribution is 6.69. The number of hydrogen-bond acceptors (Lipinski definition) is 5. The zero-order chi connectivity index (χ0) is 18.8. The van der Waals surface area contributed by atoms with Crippen LogP contribution < -0.4 is 0 Å². The molecular weight excluding hydrogens is 348 g/mol. The number of hydrogen-bond donors (Lipinski definition) is 0. The maximum atomic E-state index is 6.19. The summed E-state index contributed by atoms with van der Waals surface area (Å²) in [5.41, 5.74) is 1.12. The summed E-state index contributed by atoms with van der Waals surface area (Å²) in [6.45, 7) is 11.4. The van der Waals surface area contributed by atoms with Crippen LogP contribution in [0.15, 0.2) is 42.5 Å². The van der Waals surface area contributed by atoms with Gasteiger partial charge in [-0.15, -0.1) is 0 Å². The van der Waals surface area contributed by atoms with Gasteiger partial charge < -0.3 is 23.4 Å². The summed E-state index contributed by atoms with van der Waals surface area (Å²) < 4.78 is 30.0. The number of benzene rings is 1. The van der Waals surface area contributed by atoms with E-state index in [0.29, 0.717) is 13.2 Å². The fraction of sp³-hybridized carbons (Fsp3) is 0.600. The van der Waals surface area contributed by atoms with E-state index in [-0.39, 0.29) is 18.3 Å². The number of rotatable bonds is 7. The van der Waals surface area contributed by atoms with Crippen molar-refractivity contribution in [1.29, 1.82) is 0 Å². The van der Waals surface area contributed by atoms with Gasteiger partial charge in [-0.25, -0.2) is 0 Å². The lowest BCUT2D eigenvalue weighted by molar-refractivity contribution is -0.213. The van der Waals surface area contributed by atoms with Gasteiger partial charge in [0, 0.05) is 0 Å². The third kappa shape index (κ3) is 5.25. The van der Waals surface area contributed by atoms with Crippen molar-refractivity contribution in [2.45, 2.75) is 70.5 Å². The molecule has 0 unspecified atom stereocenters. The van der Waals surface area contributed by atoms with Gasteiger partial charge in [-0.3, -0.25) is 0 Å². The monoisotopic (exact) mass is 378 g/mol. The maximum Gasteiger partial charge on any atom is 0.190 e. The molecule has 2 heterocycles. The summed E-state index contributed by atoms with van der Waals surface area (Å²) in [7, 11) is -1.52. The Morgan fingerprint density at radius 1 is 1.12 bits per heavy atom. The molecule has 5 nitrogen and oxygen atoms in total. The molecule has 0 saturated carbocycles. The van der Waals surface area contributed by atoms with Crippen molar-refractivity contribution in [2.75, 3.05) is 6.61 Å². The van der Waals surface area contributed by atoms with Crippen LogP contribution in [0.3, 0.4) is 0 Å². The van der Waals surface area contributed by atoms with Gasteiger partial charge >= 0.3 is 0 Å². The molecule has 0 bridgehead atoms. The minimum Gasteiger partial charge on any atom is -0.414 e. The predicted octanol–water partition coefficient (Wildman–Crippen LogP) is 3.86. The molecule has 26 heavy (non-hydrogen) atoms. The molecule has 6 heteroatoms. The lowest BCUT2D eigenvalue weighted by Gasteiger charge is -2.24. The smallest absolute Gasteiger partial charge is 0.190 e. The van der Waals surface area contributed by atoms with Crippen molar-refractivity contribution in [3.8, 4) is 0 Å². The molecule has 2 fully saturated rings. The van der Waals surface area contributed by atoms with Crippen molar-refractivity contribution in [1.82, 2.24) is 0 Å². The Morgan fingerprint density at radius 3 is 2.54 bits per heavy atom. The standard InChI is InChI=1S/C20H30O5Si/c1-20(2)24-18-17(21-14-15-10-7-6-8-11-15)16(23-19(18)25-20)12-9-13-22-26(3,4)5/h6-12,16-19H,13-14H2,1-5H3/b12-9+/t16-,17+,18-,19-/m1/s1. The Labute approximate surface area is 157 Å². The average Bonchev–Trinajstić information content (AvgIpc) is 3.01. The molecule has 0 aromatic heterocycles. The van der Waals surface area contributed by atoms with E-state index in [2.05, 4.69) is 31.8 Å². The molecule has 4 atom stereocenters. The van der Waals surface area contributed by atoms with Crippen LogP contribution in [-0.4, -0.2) is 45.3 Å². The average molecular weight is 379 g/mol. The van der Waals surface area contributed by atoms with Crippen LogP contribution in [0.5, 0.6) is 0 Å². The first-order valence-corrected chi connectivity index (χ1v) is 12.6. The number of ether oxygens (including phenoxy) is 4. The van der Waals surface area contributed by atoms with E-state index in [1.54, 1.807) is 0 Å². The quantitative estimate of drug-likeness (QED) is 0.533. The Bertz CT molecular complexity index is 610. The Kier molecular flexibility index (Phi) is 6.01. The Balaban J connectivity index is 1.64. The van der Waals surface area contributed by atoms with E-state index in [4.69, 9.17) is 23.4 Å². The van der Waals surface area contributed by atoms with Gasteiger partial charge in [-0.2, -0.15) is 0 Å². The van der Waals surface area contributed by atoms with Crippen LogP contribution in [0.2, 0.25) is 19.6 Å². The molecule has 0 N–H and O–H groups in total. The minimum absolute atomic E-state index is 0.213. The molecule has 2 aliphatic rings. The Hall–Kier alpha value is -1.02. The number of fused-ring (bicyclic) bond motifs is 1. The van der Waals surface area contributed by atoms with Crippen molar-refractivity contribution in [2.24, 2.45) is 0 Å². The van der Waals surface area contributed by atoms with Gasteiger partial charge in [0.2, 0.25) is 0 Å². The van der Waals surface area contributed by atoms with E-state index < -0.39 is 20.4 Å². The molecule has 1 aromatic carbocycles. The highest BCUT2D eigenvalue weighted by Gasteiger charge is 2.54. The molecule has 2 aliphatic heterocycles. The van der Waals surface area contributed by atoms with Crippen LogP contribution in [0, 0.1) is 0 Å². The van der Waals surface area contributed by atoms with Gasteiger partial charge in [0.25, 0.3) is 0 Å². The van der Waals surface area contributed by atoms with Gasteiger partial charge in [-0.05, 0) is 39.1 Å².